The lowest BCUT2D eigenvalue weighted by molar-refractivity contribution is 0.824. The molecule has 0 aromatic rings. The van der Waals surface area contributed by atoms with Crippen molar-refractivity contribution in [1.29, 1.82) is 0 Å². The second kappa shape index (κ2) is 21700. The minimum absolute atomic E-state index is 0. The van der Waals surface area contributed by atoms with Crippen LogP contribution in [0.2, 0.25) is 0 Å². The summed E-state index contributed by atoms with van der Waals surface area (Å²) in [6.45, 7) is 8.00. The van der Waals surface area contributed by atoms with Crippen LogP contribution in [0.25, 0.3) is 0 Å². The summed E-state index contributed by atoms with van der Waals surface area (Å²) < 4.78 is 0. The third-order valence-corrected chi connectivity index (χ3v) is 0. The standard InChI is InChI=1S/2C2H6.H2O/c2*1-2;/h2*1-2H3;1H2. The van der Waals surface area contributed by atoms with Gasteiger partial charge in [0.25, 0.3) is 0 Å². The molecule has 0 bridgehead atoms. The maximum Gasteiger partial charge on any atom is -0.0683 e. The van der Waals surface area contributed by atoms with E-state index in [0.29, 0.717) is 0 Å². The van der Waals surface area contributed by atoms with E-state index in [1.54, 1.807) is 0 Å². The van der Waals surface area contributed by atoms with Gasteiger partial charge in [0.05, 0.1) is 0 Å². The Labute approximate surface area is 34.3 Å². The Hall–Kier alpha value is -0.0400. The van der Waals surface area contributed by atoms with Crippen molar-refractivity contribution in [3.63, 3.8) is 0 Å². The first-order chi connectivity index (χ1) is 2.00. The van der Waals surface area contributed by atoms with Crippen LogP contribution in [-0.2, 0) is 0 Å². The van der Waals surface area contributed by atoms with Gasteiger partial charge in [-0.25, -0.2) is 0 Å². The van der Waals surface area contributed by atoms with Gasteiger partial charge in [0.1, 0.15) is 0 Å². The number of rotatable bonds is 0. The average Bonchev–Trinajstić information content (AvgIpc) is 1.50. The van der Waals surface area contributed by atoms with Crippen LogP contribution in [0.3, 0.4) is 0 Å². The second-order valence-electron chi connectivity index (χ2n) is 0. The Balaban J connectivity index is -0.0000000133. The van der Waals surface area contributed by atoms with Gasteiger partial charge in [0, 0.05) is 0 Å². The molecule has 0 radical (unpaired) electrons. The molecular formula is C4H14O. The van der Waals surface area contributed by atoms with Crippen molar-refractivity contribution >= 4 is 0 Å². The van der Waals surface area contributed by atoms with E-state index in [1.165, 1.54) is 0 Å². The quantitative estimate of drug-likeness (QED) is 0.417. The first-order valence-electron chi connectivity index (χ1n) is 2.00. The molecule has 1 nitrogen and oxygen atoms in total. The van der Waals surface area contributed by atoms with E-state index in [-0.39, 0.29) is 5.48 Å². The molecule has 36 valence electrons. The number of hydrogen-bond donors (Lipinski definition) is 0. The molecule has 0 aliphatic rings. The maximum absolute atomic E-state index is 2.00. The van der Waals surface area contributed by atoms with E-state index in [4.69, 9.17) is 0 Å². The Morgan fingerprint density at radius 3 is 0.600 bits per heavy atom. The van der Waals surface area contributed by atoms with Crippen molar-refractivity contribution in [3.05, 3.63) is 0 Å². The molecular weight excluding hydrogens is 64.0 g/mol. The van der Waals surface area contributed by atoms with E-state index in [0.717, 1.165) is 0 Å². The van der Waals surface area contributed by atoms with Crippen LogP contribution in [-0.4, -0.2) is 5.48 Å². The smallest absolute Gasteiger partial charge is 0.0683 e. The van der Waals surface area contributed by atoms with Crippen LogP contribution >= 0.6 is 0 Å². The van der Waals surface area contributed by atoms with Crippen LogP contribution in [0.15, 0.2) is 0 Å². The zero-order valence-corrected chi connectivity index (χ0v) is 4.50. The third-order valence-electron chi connectivity index (χ3n) is 0. The molecule has 2 N–H and O–H groups in total. The third kappa shape index (κ3) is 9510. The lowest BCUT2D eigenvalue weighted by Crippen LogP contribution is -0.856. The lowest BCUT2D eigenvalue weighted by Gasteiger charge is -1.07. The minimum atomic E-state index is 0. The largest absolute Gasteiger partial charge is 0.412 e. The summed E-state index contributed by atoms with van der Waals surface area (Å²) in [6, 6.07) is 0. The van der Waals surface area contributed by atoms with E-state index < -0.39 is 0 Å². The SMILES string of the molecule is CC.CC.O. The summed E-state index contributed by atoms with van der Waals surface area (Å²) >= 11 is 0. The molecule has 0 amide bonds. The monoisotopic (exact) mass is 78.1 g/mol. The van der Waals surface area contributed by atoms with E-state index in [1.807, 2.05) is 27.7 Å². The van der Waals surface area contributed by atoms with Crippen LogP contribution in [0.4, 0.5) is 0 Å². The highest BCUT2D eigenvalue weighted by Gasteiger charge is 0.934. The highest BCUT2D eigenvalue weighted by atomic mass is 16.0. The topological polar surface area (TPSA) is 31.5 Å². The van der Waals surface area contributed by atoms with Crippen molar-refractivity contribution in [3.8, 4) is 0 Å². The molecule has 5 heavy (non-hydrogen) atoms. The van der Waals surface area contributed by atoms with Crippen LogP contribution in [0.1, 0.15) is 27.7 Å². The van der Waals surface area contributed by atoms with Crippen molar-refractivity contribution in [1.82, 2.24) is 0 Å². The molecule has 0 spiro atoms. The molecule has 0 fully saturated rings. The summed E-state index contributed by atoms with van der Waals surface area (Å²) in [5.74, 6) is 0. The Morgan fingerprint density at radius 2 is 0.600 bits per heavy atom. The highest BCUT2D eigenvalue weighted by Crippen LogP contribution is 1.15. The Morgan fingerprint density at radius 1 is 0.600 bits per heavy atom. The fourth-order valence-electron chi connectivity index (χ4n) is 0. The van der Waals surface area contributed by atoms with Crippen molar-refractivity contribution in [2.24, 2.45) is 0 Å². The maximum atomic E-state index is 2.00. The Kier molecular flexibility index (Phi) is 87800. The first kappa shape index (κ1) is 20.2. The average molecular weight is 78.2 g/mol. The second-order valence-corrected chi connectivity index (χ2v) is 0. The van der Waals surface area contributed by atoms with E-state index >= 15 is 0 Å². The predicted molar refractivity (Wildman–Crippen MR) is 26.3 cm³/mol. The van der Waals surface area contributed by atoms with Crippen LogP contribution in [0.5, 0.6) is 0 Å². The predicted octanol–water partition coefficient (Wildman–Crippen LogP) is 1.23. The molecule has 0 saturated carbocycles. The molecule has 1 heteroatoms. The molecule has 0 aliphatic heterocycles. The van der Waals surface area contributed by atoms with Crippen molar-refractivity contribution in [2.45, 2.75) is 27.7 Å². The van der Waals surface area contributed by atoms with Crippen LogP contribution in [0, 0.1) is 0 Å². The van der Waals surface area contributed by atoms with E-state index in [2.05, 4.69) is 0 Å². The van der Waals surface area contributed by atoms with Crippen molar-refractivity contribution in [2.75, 3.05) is 0 Å². The zero-order valence-electron chi connectivity index (χ0n) is 4.50. The summed E-state index contributed by atoms with van der Waals surface area (Å²) in [6.07, 6.45) is 0. The number of hydrogen-bond acceptors (Lipinski definition) is 0. The van der Waals surface area contributed by atoms with Gasteiger partial charge >= 0.3 is 0 Å². The molecule has 0 aromatic carbocycles. The minimum Gasteiger partial charge on any atom is -0.412 e. The van der Waals surface area contributed by atoms with Gasteiger partial charge in [-0.05, 0) is 0 Å². The van der Waals surface area contributed by atoms with Gasteiger partial charge in [0.15, 0.2) is 0 Å². The molecule has 0 heterocycles. The zero-order chi connectivity index (χ0) is 4.00. The molecule has 0 atom stereocenters. The van der Waals surface area contributed by atoms with Gasteiger partial charge in [-0.15, -0.1) is 0 Å². The molecule has 0 unspecified atom stereocenters. The summed E-state index contributed by atoms with van der Waals surface area (Å²) in [7, 11) is 0. The summed E-state index contributed by atoms with van der Waals surface area (Å²) in [4.78, 5) is 0. The van der Waals surface area contributed by atoms with Crippen LogP contribution < -0.4 is 0 Å². The van der Waals surface area contributed by atoms with E-state index in [9.17, 15) is 0 Å². The molecule has 0 aromatic heterocycles. The summed E-state index contributed by atoms with van der Waals surface area (Å²) in [5, 5.41) is 0. The van der Waals surface area contributed by atoms with Crippen molar-refractivity contribution < 1.29 is 5.48 Å². The summed E-state index contributed by atoms with van der Waals surface area (Å²) in [5.41, 5.74) is 0. The Bertz CT molecular complexity index is 3.61. The fraction of sp³-hybridized carbons (Fsp3) is 1.00. The van der Waals surface area contributed by atoms with Gasteiger partial charge in [-0.1, -0.05) is 27.7 Å². The molecule has 0 aliphatic carbocycles. The van der Waals surface area contributed by atoms with Gasteiger partial charge < -0.3 is 5.48 Å². The highest BCUT2D eigenvalue weighted by molar-refractivity contribution is 3.51. The molecule has 0 saturated heterocycles. The molecule has 0 rings (SSSR count). The first-order valence-corrected chi connectivity index (χ1v) is 2.00. The normalized spacial score (nSPS) is 2.40. The van der Waals surface area contributed by atoms with Gasteiger partial charge in [0.2, 0.25) is 0 Å². The van der Waals surface area contributed by atoms with Gasteiger partial charge in [-0.3, -0.25) is 0 Å². The fourth-order valence-corrected chi connectivity index (χ4v) is 0. The van der Waals surface area contributed by atoms with Gasteiger partial charge in [-0.2, -0.15) is 0 Å². The lowest BCUT2D eigenvalue weighted by atomic mass is 11.0.